The van der Waals surface area contributed by atoms with Crippen LogP contribution in [0.2, 0.25) is 0 Å². The summed E-state index contributed by atoms with van der Waals surface area (Å²) in [5, 5.41) is 12.5. The molecule has 0 spiro atoms. The lowest BCUT2D eigenvalue weighted by molar-refractivity contribution is 0.470. The Hall–Kier alpha value is -1.07. The first kappa shape index (κ1) is 11.4. The lowest BCUT2D eigenvalue weighted by atomic mass is 9.94. The molecule has 4 nitrogen and oxygen atoms in total. The minimum absolute atomic E-state index is 0.0674. The summed E-state index contributed by atoms with van der Waals surface area (Å²) in [5.41, 5.74) is 0.724. The first-order valence-corrected chi connectivity index (χ1v) is 6.84. The van der Waals surface area contributed by atoms with Crippen LogP contribution in [0.15, 0.2) is 23.1 Å². The molecule has 2 N–H and O–H groups in total. The van der Waals surface area contributed by atoms with Crippen molar-refractivity contribution in [2.75, 3.05) is 12.8 Å². The Morgan fingerprint density at radius 2 is 2.19 bits per heavy atom. The van der Waals surface area contributed by atoms with Gasteiger partial charge in [0.2, 0.25) is 0 Å². The van der Waals surface area contributed by atoms with E-state index in [4.69, 9.17) is 0 Å². The van der Waals surface area contributed by atoms with Gasteiger partial charge in [0, 0.05) is 12.0 Å². The summed E-state index contributed by atoms with van der Waals surface area (Å²) in [6, 6.07) is 4.53. The molecular formula is C11H15NO3S. The van der Waals surface area contributed by atoms with Gasteiger partial charge in [0.15, 0.2) is 9.84 Å². The number of hydrogen-bond donors (Lipinski definition) is 2. The first-order valence-electron chi connectivity index (χ1n) is 5.18. The van der Waals surface area contributed by atoms with E-state index in [9.17, 15) is 13.5 Å². The molecule has 1 aliphatic rings. The number of phenolic OH excluding ortho intramolecular Hbond substituents is 1. The lowest BCUT2D eigenvalue weighted by Crippen LogP contribution is -2.29. The highest BCUT2D eigenvalue weighted by molar-refractivity contribution is 7.91. The number of sulfone groups is 1. The molecule has 2 rings (SSSR count). The second-order valence-corrected chi connectivity index (χ2v) is 6.19. The third kappa shape index (κ3) is 1.70. The van der Waals surface area contributed by atoms with Gasteiger partial charge >= 0.3 is 0 Å². The van der Waals surface area contributed by atoms with Gasteiger partial charge in [0.25, 0.3) is 0 Å². The smallest absolute Gasteiger partial charge is 0.179 e. The SMILES string of the molecule is CNC(C)C1CS(=O)(=O)c2ccc(O)cc21. The van der Waals surface area contributed by atoms with Gasteiger partial charge < -0.3 is 10.4 Å². The standard InChI is InChI=1S/C11H15NO3S/c1-7(12-2)10-6-16(14,15)11-4-3-8(13)5-9(10)11/h3-5,7,10,12-13H,6H2,1-2H3. The van der Waals surface area contributed by atoms with Gasteiger partial charge in [0.05, 0.1) is 10.6 Å². The highest BCUT2D eigenvalue weighted by atomic mass is 32.2. The summed E-state index contributed by atoms with van der Waals surface area (Å²) in [5.74, 6) is 0.148. The van der Waals surface area contributed by atoms with Crippen LogP contribution in [0, 0.1) is 0 Å². The molecule has 0 amide bonds. The molecule has 0 radical (unpaired) electrons. The molecule has 5 heteroatoms. The number of hydrogen-bond acceptors (Lipinski definition) is 4. The maximum atomic E-state index is 11.9. The first-order chi connectivity index (χ1) is 7.45. The maximum Gasteiger partial charge on any atom is 0.179 e. The molecule has 0 bridgehead atoms. The van der Waals surface area contributed by atoms with Crippen LogP contribution in [0.3, 0.4) is 0 Å². The van der Waals surface area contributed by atoms with Crippen molar-refractivity contribution in [3.05, 3.63) is 23.8 Å². The molecule has 1 aromatic rings. The summed E-state index contributed by atoms with van der Waals surface area (Å²) in [6.07, 6.45) is 0. The third-order valence-electron chi connectivity index (χ3n) is 3.19. The Bertz CT molecular complexity index is 510. The average molecular weight is 241 g/mol. The fourth-order valence-corrected chi connectivity index (χ4v) is 4.11. The van der Waals surface area contributed by atoms with E-state index < -0.39 is 9.84 Å². The van der Waals surface area contributed by atoms with Gasteiger partial charge in [-0.2, -0.15) is 0 Å². The molecule has 0 aliphatic carbocycles. The lowest BCUT2D eigenvalue weighted by Gasteiger charge is -2.18. The van der Waals surface area contributed by atoms with Crippen molar-refractivity contribution in [3.63, 3.8) is 0 Å². The zero-order chi connectivity index (χ0) is 11.9. The van der Waals surface area contributed by atoms with E-state index in [2.05, 4.69) is 5.32 Å². The molecule has 2 atom stereocenters. The van der Waals surface area contributed by atoms with E-state index in [1.165, 1.54) is 12.1 Å². The van der Waals surface area contributed by atoms with E-state index in [-0.39, 0.29) is 23.5 Å². The Balaban J connectivity index is 2.56. The van der Waals surface area contributed by atoms with Crippen LogP contribution in [0.1, 0.15) is 18.4 Å². The van der Waals surface area contributed by atoms with Crippen molar-refractivity contribution in [3.8, 4) is 5.75 Å². The van der Waals surface area contributed by atoms with Crippen LogP contribution in [0.25, 0.3) is 0 Å². The highest BCUT2D eigenvalue weighted by Gasteiger charge is 2.37. The van der Waals surface area contributed by atoms with Crippen LogP contribution >= 0.6 is 0 Å². The molecule has 0 saturated carbocycles. The molecular weight excluding hydrogens is 226 g/mol. The Morgan fingerprint density at radius 3 is 2.81 bits per heavy atom. The van der Waals surface area contributed by atoms with E-state index in [0.717, 1.165) is 5.56 Å². The number of fused-ring (bicyclic) bond motifs is 1. The van der Waals surface area contributed by atoms with Crippen molar-refractivity contribution in [1.82, 2.24) is 5.32 Å². The highest BCUT2D eigenvalue weighted by Crippen LogP contribution is 2.38. The van der Waals surface area contributed by atoms with E-state index >= 15 is 0 Å². The molecule has 0 aromatic heterocycles. The van der Waals surface area contributed by atoms with Crippen molar-refractivity contribution >= 4 is 9.84 Å². The monoisotopic (exact) mass is 241 g/mol. The van der Waals surface area contributed by atoms with Gasteiger partial charge in [-0.3, -0.25) is 0 Å². The van der Waals surface area contributed by atoms with Crippen LogP contribution in [0.4, 0.5) is 0 Å². The van der Waals surface area contributed by atoms with E-state index in [1.807, 2.05) is 6.92 Å². The van der Waals surface area contributed by atoms with Gasteiger partial charge in [-0.15, -0.1) is 0 Å². The van der Waals surface area contributed by atoms with Crippen molar-refractivity contribution in [2.45, 2.75) is 23.8 Å². The summed E-state index contributed by atoms with van der Waals surface area (Å²) in [4.78, 5) is 0.359. The maximum absolute atomic E-state index is 11.9. The number of benzene rings is 1. The largest absolute Gasteiger partial charge is 0.508 e. The van der Waals surface area contributed by atoms with Crippen LogP contribution in [0.5, 0.6) is 5.75 Å². The summed E-state index contributed by atoms with van der Waals surface area (Å²) < 4.78 is 23.8. The Morgan fingerprint density at radius 1 is 1.50 bits per heavy atom. The average Bonchev–Trinajstić information content (AvgIpc) is 2.49. The number of nitrogens with one attached hydrogen (secondary N) is 1. The van der Waals surface area contributed by atoms with Crippen LogP contribution < -0.4 is 5.32 Å². The van der Waals surface area contributed by atoms with E-state index in [1.54, 1.807) is 13.1 Å². The zero-order valence-corrected chi connectivity index (χ0v) is 10.1. The Labute approximate surface area is 95.2 Å². The van der Waals surface area contributed by atoms with Crippen molar-refractivity contribution in [2.24, 2.45) is 0 Å². The van der Waals surface area contributed by atoms with Crippen molar-refractivity contribution in [1.29, 1.82) is 0 Å². The number of phenols is 1. The molecule has 0 saturated heterocycles. The summed E-state index contributed by atoms with van der Waals surface area (Å²) >= 11 is 0. The molecule has 1 aliphatic heterocycles. The van der Waals surface area contributed by atoms with Gasteiger partial charge in [-0.05, 0) is 37.7 Å². The molecule has 88 valence electrons. The summed E-state index contributed by atoms with van der Waals surface area (Å²) in [6.45, 7) is 1.94. The molecule has 1 aromatic carbocycles. The van der Waals surface area contributed by atoms with Gasteiger partial charge in [-0.25, -0.2) is 8.42 Å². The van der Waals surface area contributed by atoms with Crippen molar-refractivity contribution < 1.29 is 13.5 Å². The van der Waals surface area contributed by atoms with Crippen LogP contribution in [-0.4, -0.2) is 32.4 Å². The quantitative estimate of drug-likeness (QED) is 0.806. The topological polar surface area (TPSA) is 66.4 Å². The second kappa shape index (κ2) is 3.75. The molecule has 1 heterocycles. The predicted octanol–water partition coefficient (Wildman–Crippen LogP) is 0.871. The second-order valence-electron chi connectivity index (χ2n) is 4.19. The molecule has 2 unspecified atom stereocenters. The predicted molar refractivity (Wildman–Crippen MR) is 61.4 cm³/mol. The fraction of sp³-hybridized carbons (Fsp3) is 0.455. The van der Waals surface area contributed by atoms with Gasteiger partial charge in [0.1, 0.15) is 5.75 Å². The number of aromatic hydroxyl groups is 1. The minimum atomic E-state index is -3.18. The van der Waals surface area contributed by atoms with E-state index in [0.29, 0.717) is 4.90 Å². The fourth-order valence-electron chi connectivity index (χ4n) is 2.14. The minimum Gasteiger partial charge on any atom is -0.508 e. The Kier molecular flexibility index (Phi) is 2.67. The third-order valence-corrected chi connectivity index (χ3v) is 5.03. The zero-order valence-electron chi connectivity index (χ0n) is 9.27. The van der Waals surface area contributed by atoms with Gasteiger partial charge in [-0.1, -0.05) is 0 Å². The van der Waals surface area contributed by atoms with Crippen LogP contribution in [-0.2, 0) is 9.84 Å². The molecule has 0 fully saturated rings. The molecule has 16 heavy (non-hydrogen) atoms. The summed E-state index contributed by atoms with van der Waals surface area (Å²) in [7, 11) is -1.37. The normalized spacial score (nSPS) is 24.0. The number of rotatable bonds is 2. The number of likely N-dealkylation sites (N-methyl/N-ethyl adjacent to an activating group) is 1.